The summed E-state index contributed by atoms with van der Waals surface area (Å²) in [6.07, 6.45) is 3.38. The molecular formula is C15H17N5. The van der Waals surface area contributed by atoms with Gasteiger partial charge in [0.2, 0.25) is 0 Å². The van der Waals surface area contributed by atoms with Crippen LogP contribution in [0.5, 0.6) is 0 Å². The van der Waals surface area contributed by atoms with Gasteiger partial charge in [0.05, 0.1) is 11.2 Å². The van der Waals surface area contributed by atoms with Gasteiger partial charge < -0.3 is 5.73 Å². The zero-order valence-electron chi connectivity index (χ0n) is 11.7. The Morgan fingerprint density at radius 1 is 1.10 bits per heavy atom. The molecule has 0 spiro atoms. The van der Waals surface area contributed by atoms with E-state index in [0.717, 1.165) is 41.0 Å². The van der Waals surface area contributed by atoms with Crippen molar-refractivity contribution in [1.29, 1.82) is 0 Å². The monoisotopic (exact) mass is 267 g/mol. The van der Waals surface area contributed by atoms with E-state index in [1.54, 1.807) is 6.33 Å². The van der Waals surface area contributed by atoms with Gasteiger partial charge in [-0.1, -0.05) is 13.8 Å². The lowest BCUT2D eigenvalue weighted by atomic mass is 10.2. The van der Waals surface area contributed by atoms with Gasteiger partial charge in [-0.2, -0.15) is 5.10 Å². The van der Waals surface area contributed by atoms with Gasteiger partial charge in [0.25, 0.3) is 0 Å². The average Bonchev–Trinajstić information content (AvgIpc) is 2.89. The molecule has 0 bridgehead atoms. The molecule has 1 aromatic carbocycles. The topological polar surface area (TPSA) is 69.6 Å². The van der Waals surface area contributed by atoms with E-state index in [2.05, 4.69) is 35.0 Å². The molecule has 0 unspecified atom stereocenters. The predicted molar refractivity (Wildman–Crippen MR) is 79.8 cm³/mol. The Morgan fingerprint density at radius 3 is 2.70 bits per heavy atom. The third kappa shape index (κ3) is 2.01. The minimum Gasteiger partial charge on any atom is -0.399 e. The van der Waals surface area contributed by atoms with Crippen molar-refractivity contribution in [3.8, 4) is 5.82 Å². The number of nitrogens with two attached hydrogens (primary N) is 1. The van der Waals surface area contributed by atoms with Crippen LogP contribution in [0.15, 0.2) is 30.6 Å². The Morgan fingerprint density at radius 2 is 1.95 bits per heavy atom. The van der Waals surface area contributed by atoms with E-state index in [4.69, 9.17) is 5.73 Å². The molecule has 20 heavy (non-hydrogen) atoms. The number of nitrogens with zero attached hydrogens (tertiary/aromatic N) is 4. The van der Waals surface area contributed by atoms with Gasteiger partial charge in [-0.05, 0) is 37.1 Å². The molecule has 0 atom stereocenters. The Hall–Kier alpha value is -2.43. The number of aromatic nitrogens is 4. The van der Waals surface area contributed by atoms with Crippen molar-refractivity contribution in [2.75, 3.05) is 5.73 Å². The maximum Gasteiger partial charge on any atom is 0.164 e. The Bertz CT molecular complexity index is 760. The van der Waals surface area contributed by atoms with Crippen LogP contribution < -0.4 is 5.73 Å². The molecule has 0 saturated carbocycles. The van der Waals surface area contributed by atoms with Gasteiger partial charge in [-0.25, -0.2) is 14.6 Å². The highest BCUT2D eigenvalue weighted by molar-refractivity contribution is 5.87. The third-order valence-electron chi connectivity index (χ3n) is 3.40. The van der Waals surface area contributed by atoms with Crippen LogP contribution in [-0.4, -0.2) is 19.7 Å². The van der Waals surface area contributed by atoms with Crippen molar-refractivity contribution in [3.63, 3.8) is 0 Å². The van der Waals surface area contributed by atoms with E-state index < -0.39 is 0 Å². The molecule has 5 nitrogen and oxygen atoms in total. The predicted octanol–water partition coefficient (Wildman–Crippen LogP) is 2.52. The number of anilines is 1. The minimum absolute atomic E-state index is 0.701. The number of aryl methyl sites for hydroxylation is 2. The lowest BCUT2D eigenvalue weighted by molar-refractivity contribution is 0.776. The van der Waals surface area contributed by atoms with E-state index in [1.807, 2.05) is 22.9 Å². The fourth-order valence-corrected chi connectivity index (χ4v) is 2.31. The number of hydrogen-bond donors (Lipinski definition) is 1. The molecule has 0 radical (unpaired) electrons. The molecule has 0 aliphatic carbocycles. The van der Waals surface area contributed by atoms with E-state index in [1.165, 1.54) is 0 Å². The zero-order chi connectivity index (χ0) is 14.1. The van der Waals surface area contributed by atoms with Gasteiger partial charge in [-0.15, -0.1) is 0 Å². The van der Waals surface area contributed by atoms with E-state index in [-0.39, 0.29) is 0 Å². The SMILES string of the molecule is CCc1cc(CC)n(-c2ncnc3cc(N)ccc23)n1. The van der Waals surface area contributed by atoms with Crippen LogP contribution in [0, 0.1) is 0 Å². The second kappa shape index (κ2) is 4.92. The molecule has 0 fully saturated rings. The maximum atomic E-state index is 5.81. The second-order valence-corrected chi connectivity index (χ2v) is 4.72. The highest BCUT2D eigenvalue weighted by Crippen LogP contribution is 2.22. The number of hydrogen-bond acceptors (Lipinski definition) is 4. The fraction of sp³-hybridized carbons (Fsp3) is 0.267. The summed E-state index contributed by atoms with van der Waals surface area (Å²) in [4.78, 5) is 8.69. The highest BCUT2D eigenvalue weighted by Gasteiger charge is 2.12. The molecule has 3 aromatic rings. The fourth-order valence-electron chi connectivity index (χ4n) is 2.31. The molecule has 3 rings (SSSR count). The van der Waals surface area contributed by atoms with Gasteiger partial charge in [0.15, 0.2) is 5.82 Å². The van der Waals surface area contributed by atoms with Crippen molar-refractivity contribution in [2.24, 2.45) is 0 Å². The summed E-state index contributed by atoms with van der Waals surface area (Å²) >= 11 is 0. The minimum atomic E-state index is 0.701. The van der Waals surface area contributed by atoms with Crippen molar-refractivity contribution in [2.45, 2.75) is 26.7 Å². The molecule has 2 aromatic heterocycles. The van der Waals surface area contributed by atoms with Gasteiger partial charge in [0.1, 0.15) is 6.33 Å². The Kier molecular flexibility index (Phi) is 3.10. The van der Waals surface area contributed by atoms with Crippen LogP contribution in [0.25, 0.3) is 16.7 Å². The van der Waals surface area contributed by atoms with Gasteiger partial charge in [-0.3, -0.25) is 0 Å². The first-order valence-electron chi connectivity index (χ1n) is 6.81. The smallest absolute Gasteiger partial charge is 0.164 e. The molecule has 0 amide bonds. The third-order valence-corrected chi connectivity index (χ3v) is 3.40. The van der Waals surface area contributed by atoms with Crippen LogP contribution in [0.4, 0.5) is 5.69 Å². The molecule has 102 valence electrons. The Balaban J connectivity index is 2.26. The van der Waals surface area contributed by atoms with Gasteiger partial charge >= 0.3 is 0 Å². The van der Waals surface area contributed by atoms with Crippen molar-refractivity contribution >= 4 is 16.6 Å². The lowest BCUT2D eigenvalue weighted by Gasteiger charge is -2.08. The number of benzene rings is 1. The largest absolute Gasteiger partial charge is 0.399 e. The standard InChI is InChI=1S/C15H17N5/c1-3-11-8-12(4-2)20(19-11)15-13-6-5-10(16)7-14(13)17-9-18-15/h5-9H,3-4,16H2,1-2H3. The van der Waals surface area contributed by atoms with E-state index in [9.17, 15) is 0 Å². The van der Waals surface area contributed by atoms with E-state index >= 15 is 0 Å². The summed E-state index contributed by atoms with van der Waals surface area (Å²) in [7, 11) is 0. The first-order valence-corrected chi connectivity index (χ1v) is 6.81. The first-order chi connectivity index (χ1) is 9.72. The number of fused-ring (bicyclic) bond motifs is 1. The normalized spacial score (nSPS) is 11.1. The number of nitrogen functional groups attached to an aromatic ring is 1. The lowest BCUT2D eigenvalue weighted by Crippen LogP contribution is -2.05. The zero-order valence-corrected chi connectivity index (χ0v) is 11.7. The quantitative estimate of drug-likeness (QED) is 0.740. The van der Waals surface area contributed by atoms with Crippen LogP contribution in [0.3, 0.4) is 0 Å². The molecule has 5 heteroatoms. The highest BCUT2D eigenvalue weighted by atomic mass is 15.3. The average molecular weight is 267 g/mol. The summed E-state index contributed by atoms with van der Waals surface area (Å²) < 4.78 is 1.92. The summed E-state index contributed by atoms with van der Waals surface area (Å²) in [5.41, 5.74) is 9.58. The maximum absolute atomic E-state index is 5.81. The van der Waals surface area contributed by atoms with Crippen molar-refractivity contribution in [1.82, 2.24) is 19.7 Å². The second-order valence-electron chi connectivity index (χ2n) is 4.72. The van der Waals surface area contributed by atoms with Crippen LogP contribution in [0.2, 0.25) is 0 Å². The molecule has 0 saturated heterocycles. The van der Waals surface area contributed by atoms with Gasteiger partial charge in [0, 0.05) is 16.8 Å². The molecular weight excluding hydrogens is 250 g/mol. The Labute approximate surface area is 117 Å². The van der Waals surface area contributed by atoms with Crippen LogP contribution >= 0.6 is 0 Å². The summed E-state index contributed by atoms with van der Waals surface area (Å²) in [6.45, 7) is 4.22. The van der Waals surface area contributed by atoms with Crippen molar-refractivity contribution in [3.05, 3.63) is 42.0 Å². The molecule has 2 N–H and O–H groups in total. The summed E-state index contributed by atoms with van der Waals surface area (Å²) in [6, 6.07) is 7.80. The van der Waals surface area contributed by atoms with Crippen LogP contribution in [-0.2, 0) is 12.8 Å². The number of rotatable bonds is 3. The molecule has 2 heterocycles. The molecule has 0 aliphatic heterocycles. The van der Waals surface area contributed by atoms with E-state index in [0.29, 0.717) is 5.69 Å². The first kappa shape index (κ1) is 12.6. The summed E-state index contributed by atoms with van der Waals surface area (Å²) in [5, 5.41) is 5.60. The molecule has 0 aliphatic rings. The summed E-state index contributed by atoms with van der Waals surface area (Å²) in [5.74, 6) is 0.812. The van der Waals surface area contributed by atoms with Crippen molar-refractivity contribution < 1.29 is 0 Å². The van der Waals surface area contributed by atoms with Crippen LogP contribution in [0.1, 0.15) is 25.2 Å².